The second kappa shape index (κ2) is 20.4. The Kier molecular flexibility index (Phi) is 18.2. The highest BCUT2D eigenvalue weighted by atomic mass is 32.2. The van der Waals surface area contributed by atoms with Gasteiger partial charge in [-0.2, -0.15) is 0 Å². The molecule has 12 heteroatoms. The van der Waals surface area contributed by atoms with Crippen LogP contribution in [0.15, 0.2) is 48.5 Å². The van der Waals surface area contributed by atoms with Crippen LogP contribution in [0.1, 0.15) is 92.2 Å². The van der Waals surface area contributed by atoms with E-state index in [9.17, 15) is 27.5 Å². The predicted octanol–water partition coefficient (Wildman–Crippen LogP) is 7.16. The van der Waals surface area contributed by atoms with Gasteiger partial charge in [-0.25, -0.2) is 8.42 Å². The van der Waals surface area contributed by atoms with Gasteiger partial charge in [0, 0.05) is 48.1 Å². The van der Waals surface area contributed by atoms with Crippen LogP contribution in [0.5, 0.6) is 0 Å². The Morgan fingerprint density at radius 2 is 1.11 bits per heavy atom. The van der Waals surface area contributed by atoms with E-state index in [0.29, 0.717) is 24.9 Å². The van der Waals surface area contributed by atoms with Crippen LogP contribution in [0.4, 0.5) is 11.4 Å². The molecule has 0 aliphatic rings. The Morgan fingerprint density at radius 3 is 1.46 bits per heavy atom. The summed E-state index contributed by atoms with van der Waals surface area (Å²) < 4.78 is 45.4. The van der Waals surface area contributed by atoms with E-state index in [2.05, 4.69) is 38.3 Å². The molecule has 0 aromatic heterocycles. The van der Waals surface area contributed by atoms with Gasteiger partial charge in [-0.3, -0.25) is 14.2 Å². The highest BCUT2D eigenvalue weighted by Crippen LogP contribution is 2.46. The molecule has 0 radical (unpaired) electrons. The number of hydrogen-bond donors (Lipinski definition) is 3. The Morgan fingerprint density at radius 1 is 0.717 bits per heavy atom. The number of rotatable bonds is 18. The van der Waals surface area contributed by atoms with Crippen LogP contribution in [-0.2, 0) is 46.7 Å². The van der Waals surface area contributed by atoms with E-state index in [1.807, 2.05) is 48.5 Å². The number of sulfone groups is 1. The summed E-state index contributed by atoms with van der Waals surface area (Å²) in [4.78, 5) is 33.0. The molecule has 0 saturated carbocycles. The SMILES string of the molecule is CC(C)Nc1ccc(COC(=O)CCCP(=O)(O)C(C)C)cc1.CC(C)Nc1ccc(COC(=O)CCCS(=O)(=O)C(C)C)cc1. The van der Waals surface area contributed by atoms with Gasteiger partial charge in [0.05, 0.1) is 11.0 Å². The second-order valence-electron chi connectivity index (χ2n) is 12.5. The van der Waals surface area contributed by atoms with Gasteiger partial charge in [0.2, 0.25) is 7.37 Å². The molecule has 2 aromatic rings. The molecule has 1 unspecified atom stereocenters. The number of carbonyl (C=O) groups excluding carboxylic acids is 2. The van der Waals surface area contributed by atoms with Crippen molar-refractivity contribution < 1.29 is 36.9 Å². The van der Waals surface area contributed by atoms with Gasteiger partial charge in [0.15, 0.2) is 9.84 Å². The van der Waals surface area contributed by atoms with Crippen LogP contribution < -0.4 is 10.6 Å². The monoisotopic (exact) mass is 682 g/mol. The van der Waals surface area contributed by atoms with Crippen molar-refractivity contribution >= 4 is 40.5 Å². The van der Waals surface area contributed by atoms with E-state index in [1.54, 1.807) is 27.7 Å². The number of anilines is 2. The summed E-state index contributed by atoms with van der Waals surface area (Å²) in [6.07, 6.45) is 1.14. The van der Waals surface area contributed by atoms with E-state index in [1.165, 1.54) is 0 Å². The fraction of sp³-hybridized carbons (Fsp3) is 0.588. The number of ether oxygens (including phenoxy) is 2. The molecule has 260 valence electrons. The first-order chi connectivity index (χ1) is 21.4. The predicted molar refractivity (Wildman–Crippen MR) is 187 cm³/mol. The van der Waals surface area contributed by atoms with Crippen molar-refractivity contribution in [3.8, 4) is 0 Å². The lowest BCUT2D eigenvalue weighted by Crippen LogP contribution is -2.18. The lowest BCUT2D eigenvalue weighted by molar-refractivity contribution is -0.145. The molecule has 0 fully saturated rings. The number of nitrogens with one attached hydrogen (secondary N) is 2. The molecular formula is C34H55N2O8PS. The average molecular weight is 683 g/mol. The van der Waals surface area contributed by atoms with Gasteiger partial charge in [0.25, 0.3) is 0 Å². The second-order valence-corrected chi connectivity index (χ2v) is 18.2. The lowest BCUT2D eigenvalue weighted by Gasteiger charge is -2.14. The van der Waals surface area contributed by atoms with Crippen molar-refractivity contribution in [2.24, 2.45) is 0 Å². The van der Waals surface area contributed by atoms with Crippen molar-refractivity contribution in [2.45, 2.75) is 117 Å². The summed E-state index contributed by atoms with van der Waals surface area (Å²) in [5.41, 5.74) is 3.61. The van der Waals surface area contributed by atoms with Crippen LogP contribution in [0.25, 0.3) is 0 Å². The minimum Gasteiger partial charge on any atom is -0.461 e. The number of benzene rings is 2. The van der Waals surface area contributed by atoms with Crippen molar-refractivity contribution in [2.75, 3.05) is 22.5 Å². The molecule has 46 heavy (non-hydrogen) atoms. The first kappa shape index (κ1) is 41.1. The highest BCUT2D eigenvalue weighted by Gasteiger charge is 2.22. The summed E-state index contributed by atoms with van der Waals surface area (Å²) in [5, 5.41) is 6.17. The normalized spacial score (nSPS) is 12.8. The zero-order valence-corrected chi connectivity index (χ0v) is 30.5. The molecule has 0 bridgehead atoms. The first-order valence-corrected chi connectivity index (χ1v) is 19.6. The summed E-state index contributed by atoms with van der Waals surface area (Å²) in [6, 6.07) is 16.2. The van der Waals surface area contributed by atoms with Gasteiger partial charge < -0.3 is 25.0 Å². The number of hydrogen-bond acceptors (Lipinski definition) is 9. The third kappa shape index (κ3) is 17.7. The summed E-state index contributed by atoms with van der Waals surface area (Å²) in [7, 11) is -6.22. The molecule has 0 aliphatic carbocycles. The summed E-state index contributed by atoms with van der Waals surface area (Å²) >= 11 is 0. The largest absolute Gasteiger partial charge is 0.461 e. The molecule has 0 saturated heterocycles. The van der Waals surface area contributed by atoms with Gasteiger partial charge >= 0.3 is 11.9 Å². The molecule has 0 amide bonds. The minimum atomic E-state index is -3.13. The molecule has 2 aromatic carbocycles. The zero-order chi connectivity index (χ0) is 34.9. The van der Waals surface area contributed by atoms with Gasteiger partial charge in [-0.15, -0.1) is 0 Å². The van der Waals surface area contributed by atoms with Crippen molar-refractivity contribution in [3.05, 3.63) is 59.7 Å². The molecule has 0 spiro atoms. The Balaban J connectivity index is 0.000000460. The Bertz CT molecular complexity index is 1340. The first-order valence-electron chi connectivity index (χ1n) is 16.0. The highest BCUT2D eigenvalue weighted by molar-refractivity contribution is 7.91. The molecule has 3 N–H and O–H groups in total. The van der Waals surface area contributed by atoms with Gasteiger partial charge in [-0.05, 0) is 89.8 Å². The summed E-state index contributed by atoms with van der Waals surface area (Å²) in [6.45, 7) is 15.4. The van der Waals surface area contributed by atoms with Gasteiger partial charge in [0.1, 0.15) is 13.2 Å². The van der Waals surface area contributed by atoms with Crippen molar-refractivity contribution in [1.29, 1.82) is 0 Å². The third-order valence-corrected chi connectivity index (χ3v) is 11.7. The Hall–Kier alpha value is -2.88. The zero-order valence-electron chi connectivity index (χ0n) is 28.7. The molecule has 2 rings (SSSR count). The minimum absolute atomic E-state index is 0.0232. The quantitative estimate of drug-likeness (QED) is 0.109. The Labute approximate surface area is 276 Å². The fourth-order valence-electron chi connectivity index (χ4n) is 3.89. The van der Waals surface area contributed by atoms with Crippen LogP contribution >= 0.6 is 7.37 Å². The van der Waals surface area contributed by atoms with Gasteiger partial charge in [-0.1, -0.05) is 38.1 Å². The van der Waals surface area contributed by atoms with Crippen molar-refractivity contribution in [3.63, 3.8) is 0 Å². The topological polar surface area (TPSA) is 148 Å². The van der Waals surface area contributed by atoms with E-state index >= 15 is 0 Å². The smallest absolute Gasteiger partial charge is 0.306 e. The van der Waals surface area contributed by atoms with E-state index < -0.39 is 22.5 Å². The van der Waals surface area contributed by atoms with Crippen LogP contribution in [0.3, 0.4) is 0 Å². The molecule has 1 atom stereocenters. The molecular weight excluding hydrogens is 627 g/mol. The van der Waals surface area contributed by atoms with Crippen molar-refractivity contribution in [1.82, 2.24) is 0 Å². The molecule has 0 heterocycles. The lowest BCUT2D eigenvalue weighted by atomic mass is 10.2. The van der Waals surface area contributed by atoms with E-state index in [0.717, 1.165) is 22.5 Å². The van der Waals surface area contributed by atoms with E-state index in [-0.39, 0.29) is 55.6 Å². The van der Waals surface area contributed by atoms with Crippen LogP contribution in [0, 0.1) is 0 Å². The standard InChI is InChI=1S/C17H28NO4P.C17H27NO4S/c2*1-13(2)18-16-9-7-15(8-10-16)12-22-17(19)6-5-11-23(20,21)14(3)4/h7-10,13-14,18H,5-6,11-12H2,1-4H3,(H,20,21);7-10,13-14,18H,5-6,11-12H2,1-4H3. The maximum Gasteiger partial charge on any atom is 0.306 e. The number of esters is 2. The number of carbonyl (C=O) groups is 2. The fourth-order valence-corrected chi connectivity index (χ4v) is 6.04. The maximum absolute atomic E-state index is 11.8. The third-order valence-electron chi connectivity index (χ3n) is 6.81. The summed E-state index contributed by atoms with van der Waals surface area (Å²) in [5.74, 6) is -0.679. The average Bonchev–Trinajstić information content (AvgIpc) is 2.96. The molecule has 0 aliphatic heterocycles. The van der Waals surface area contributed by atoms with Crippen LogP contribution in [-0.4, -0.2) is 60.2 Å². The maximum atomic E-state index is 11.8. The molecule has 10 nitrogen and oxygen atoms in total. The van der Waals surface area contributed by atoms with E-state index in [4.69, 9.17) is 9.47 Å². The van der Waals surface area contributed by atoms with Crippen LogP contribution in [0.2, 0.25) is 0 Å².